The number of hydrogen-bond acceptors (Lipinski definition) is 2. The summed E-state index contributed by atoms with van der Waals surface area (Å²) in [6.45, 7) is 27.5. The quantitative estimate of drug-likeness (QED) is 0.206. The molecule has 3 heteroatoms. The van der Waals surface area contributed by atoms with Crippen molar-refractivity contribution in [1.29, 1.82) is 0 Å². The van der Waals surface area contributed by atoms with Gasteiger partial charge in [-0.1, -0.05) is 0 Å². The van der Waals surface area contributed by atoms with Crippen molar-refractivity contribution in [2.75, 3.05) is 0 Å². The van der Waals surface area contributed by atoms with Crippen molar-refractivity contribution >= 4 is 18.3 Å². The van der Waals surface area contributed by atoms with E-state index in [4.69, 9.17) is 9.05 Å². The minimum atomic E-state index is -3.50. The van der Waals surface area contributed by atoms with Crippen molar-refractivity contribution in [3.63, 3.8) is 0 Å². The van der Waals surface area contributed by atoms with Gasteiger partial charge in [0.25, 0.3) is 0 Å². The fraction of sp³-hybridized carbons (Fsp3) is 0.400. The Bertz CT molecular complexity index is 1410. The number of rotatable bonds is 6. The SMILES string of the molecule is CC(C)(C)c1ccc([PH](Oc2ccccc2)(Oc2ccccc2)c2ccc(C(C)(C)C)cc2C(C)(C)C)c(C(C)(C)C)c1. The molecule has 0 heterocycles. The monoisotopic (exact) mass is 596 g/mol. The molecule has 0 radical (unpaired) electrons. The Morgan fingerprint density at radius 3 is 1.00 bits per heavy atom. The van der Waals surface area contributed by atoms with E-state index in [0.29, 0.717) is 0 Å². The van der Waals surface area contributed by atoms with E-state index >= 15 is 0 Å². The second kappa shape index (κ2) is 11.8. The fourth-order valence-corrected chi connectivity index (χ4v) is 9.45. The van der Waals surface area contributed by atoms with Gasteiger partial charge in [-0.15, -0.1) is 0 Å². The van der Waals surface area contributed by atoms with Crippen molar-refractivity contribution < 1.29 is 9.05 Å². The third kappa shape index (κ3) is 7.35. The van der Waals surface area contributed by atoms with Gasteiger partial charge in [-0.05, 0) is 0 Å². The van der Waals surface area contributed by atoms with Crippen LogP contribution >= 0.6 is 7.72 Å². The van der Waals surface area contributed by atoms with E-state index < -0.39 is 7.72 Å². The molecule has 0 bridgehead atoms. The molecule has 4 aromatic carbocycles. The van der Waals surface area contributed by atoms with Crippen LogP contribution in [0.5, 0.6) is 11.5 Å². The molecule has 0 aliphatic rings. The summed E-state index contributed by atoms with van der Waals surface area (Å²) in [4.78, 5) is 0. The summed E-state index contributed by atoms with van der Waals surface area (Å²) in [5, 5.41) is 2.30. The molecule has 43 heavy (non-hydrogen) atoms. The van der Waals surface area contributed by atoms with Gasteiger partial charge in [0.2, 0.25) is 0 Å². The van der Waals surface area contributed by atoms with E-state index in [1.165, 1.54) is 22.3 Å². The Labute approximate surface area is 262 Å². The van der Waals surface area contributed by atoms with Crippen LogP contribution in [0.4, 0.5) is 0 Å². The first-order valence-electron chi connectivity index (χ1n) is 15.6. The number of para-hydroxylation sites is 2. The first-order valence-corrected chi connectivity index (χ1v) is 17.4. The van der Waals surface area contributed by atoms with Crippen LogP contribution in [0, 0.1) is 0 Å². The predicted molar refractivity (Wildman–Crippen MR) is 189 cm³/mol. The average molecular weight is 597 g/mol. The van der Waals surface area contributed by atoms with E-state index in [9.17, 15) is 0 Å². The summed E-state index contributed by atoms with van der Waals surface area (Å²) in [7, 11) is -3.50. The Morgan fingerprint density at radius 1 is 0.395 bits per heavy atom. The molecule has 0 N–H and O–H groups in total. The molecular weight excluding hydrogens is 543 g/mol. The molecular formula is C40H53O2P. The van der Waals surface area contributed by atoms with Gasteiger partial charge in [0.1, 0.15) is 0 Å². The summed E-state index contributed by atoms with van der Waals surface area (Å²) in [5.41, 5.74) is 4.86. The Balaban J connectivity index is 2.21. The second-order valence-corrected chi connectivity index (χ2v) is 18.7. The van der Waals surface area contributed by atoms with Gasteiger partial charge in [-0.25, -0.2) is 0 Å². The zero-order valence-corrected chi connectivity index (χ0v) is 29.6. The van der Waals surface area contributed by atoms with Crippen molar-refractivity contribution in [3.8, 4) is 11.5 Å². The molecule has 2 nitrogen and oxygen atoms in total. The minimum absolute atomic E-state index is 0.00818. The topological polar surface area (TPSA) is 18.5 Å². The zero-order chi connectivity index (χ0) is 31.8. The zero-order valence-electron chi connectivity index (χ0n) is 28.6. The molecule has 0 unspecified atom stereocenters. The summed E-state index contributed by atoms with van der Waals surface area (Å²) < 4.78 is 14.8. The van der Waals surface area contributed by atoms with Crippen molar-refractivity contribution in [2.45, 2.75) is 105 Å². The first kappa shape index (κ1) is 32.8. The molecule has 0 aromatic heterocycles. The predicted octanol–water partition coefficient (Wildman–Crippen LogP) is 10.6. The first-order chi connectivity index (χ1) is 19.8. The van der Waals surface area contributed by atoms with E-state index in [-0.39, 0.29) is 21.7 Å². The third-order valence-electron chi connectivity index (χ3n) is 8.11. The molecule has 0 aliphatic heterocycles. The molecule has 0 atom stereocenters. The van der Waals surface area contributed by atoms with Gasteiger partial charge in [0.05, 0.1) is 0 Å². The summed E-state index contributed by atoms with van der Waals surface area (Å²) in [6, 6.07) is 34.4. The Kier molecular flexibility index (Phi) is 8.99. The van der Waals surface area contributed by atoms with Crippen LogP contribution in [-0.4, -0.2) is 0 Å². The van der Waals surface area contributed by atoms with Crippen molar-refractivity contribution in [3.05, 3.63) is 119 Å². The van der Waals surface area contributed by atoms with Gasteiger partial charge < -0.3 is 0 Å². The molecule has 230 valence electrons. The second-order valence-electron chi connectivity index (χ2n) is 16.0. The van der Waals surface area contributed by atoms with E-state index in [1.807, 2.05) is 36.4 Å². The van der Waals surface area contributed by atoms with Crippen LogP contribution in [0.25, 0.3) is 0 Å². The van der Waals surface area contributed by atoms with Crippen LogP contribution in [-0.2, 0) is 21.7 Å². The maximum absolute atomic E-state index is 7.42. The van der Waals surface area contributed by atoms with Gasteiger partial charge >= 0.3 is 263 Å². The molecule has 4 rings (SSSR count). The average Bonchev–Trinajstić information content (AvgIpc) is 2.91. The van der Waals surface area contributed by atoms with Crippen LogP contribution in [0.3, 0.4) is 0 Å². The molecule has 0 saturated carbocycles. The van der Waals surface area contributed by atoms with Crippen LogP contribution < -0.4 is 19.7 Å². The maximum atomic E-state index is 7.42. The molecule has 0 spiro atoms. The summed E-state index contributed by atoms with van der Waals surface area (Å²) in [5.74, 6) is 1.62. The third-order valence-corrected chi connectivity index (χ3v) is 11.4. The molecule has 4 aromatic rings. The molecule has 0 fully saturated rings. The fourth-order valence-electron chi connectivity index (χ4n) is 5.53. The van der Waals surface area contributed by atoms with Gasteiger partial charge in [0.15, 0.2) is 0 Å². The van der Waals surface area contributed by atoms with Gasteiger partial charge in [-0.2, -0.15) is 0 Å². The Morgan fingerprint density at radius 2 is 0.721 bits per heavy atom. The molecule has 0 saturated heterocycles. The van der Waals surface area contributed by atoms with Crippen LogP contribution in [0.2, 0.25) is 0 Å². The van der Waals surface area contributed by atoms with Gasteiger partial charge in [-0.3, -0.25) is 0 Å². The van der Waals surface area contributed by atoms with E-state index in [1.54, 1.807) is 0 Å². The standard InChI is InChI=1S/C40H53O2P/c1-37(2,3)29-23-25-35(33(27-29)39(7,8)9)43(41-31-19-15-13-16-20-31,42-32-21-17-14-18-22-32)36-26-24-30(38(4,5)6)28-34(36)40(10,11)12/h13-28,43H,1-12H3. The summed E-state index contributed by atoms with van der Waals surface area (Å²) in [6.07, 6.45) is 0. The molecule has 0 aliphatic carbocycles. The van der Waals surface area contributed by atoms with E-state index in [0.717, 1.165) is 22.1 Å². The van der Waals surface area contributed by atoms with E-state index in [2.05, 4.69) is 144 Å². The Hall–Kier alpha value is -3.09. The molecule has 0 amide bonds. The van der Waals surface area contributed by atoms with Gasteiger partial charge in [0, 0.05) is 0 Å². The summed E-state index contributed by atoms with van der Waals surface area (Å²) >= 11 is 0. The van der Waals surface area contributed by atoms with Crippen LogP contribution in [0.1, 0.15) is 105 Å². The normalized spacial score (nSPS) is 13.5. The van der Waals surface area contributed by atoms with Crippen molar-refractivity contribution in [1.82, 2.24) is 0 Å². The van der Waals surface area contributed by atoms with Crippen LogP contribution in [0.15, 0.2) is 97.1 Å². The van der Waals surface area contributed by atoms with Crippen molar-refractivity contribution in [2.24, 2.45) is 0 Å². The number of benzene rings is 4. The number of hydrogen-bond donors (Lipinski definition) is 0.